The maximum atomic E-state index is 5.98. The van der Waals surface area contributed by atoms with Gasteiger partial charge in [0.1, 0.15) is 0 Å². The van der Waals surface area contributed by atoms with Gasteiger partial charge >= 0.3 is 0 Å². The molecule has 2 heterocycles. The Hall–Kier alpha value is -3.47. The second-order valence-corrected chi connectivity index (χ2v) is 5.87. The quantitative estimate of drug-likeness (QED) is 0.555. The van der Waals surface area contributed by atoms with Crippen LogP contribution < -0.4 is 5.73 Å². The van der Waals surface area contributed by atoms with Crippen LogP contribution in [-0.2, 0) is 0 Å². The van der Waals surface area contributed by atoms with Crippen LogP contribution in [-0.4, -0.2) is 20.2 Å². The van der Waals surface area contributed by atoms with E-state index in [0.717, 1.165) is 39.5 Å². The van der Waals surface area contributed by atoms with Crippen LogP contribution in [0.3, 0.4) is 0 Å². The molecular weight excluding hydrogens is 310 g/mol. The number of nitrogens with two attached hydrogens (primary N) is 1. The molecule has 4 aromatic rings. The molecule has 2 aromatic carbocycles. The summed E-state index contributed by atoms with van der Waals surface area (Å²) in [6.45, 7) is 1.98. The number of aromatic nitrogens is 4. The molecule has 0 bridgehead atoms. The van der Waals surface area contributed by atoms with Crippen molar-refractivity contribution in [2.75, 3.05) is 5.73 Å². The second-order valence-electron chi connectivity index (χ2n) is 5.87. The van der Waals surface area contributed by atoms with Crippen LogP contribution in [0, 0.1) is 6.92 Å². The highest BCUT2D eigenvalue weighted by Crippen LogP contribution is 2.25. The molecule has 0 unspecified atom stereocenters. The molecule has 3 N–H and O–H groups in total. The molecular formula is C20H17N5. The molecule has 25 heavy (non-hydrogen) atoms. The molecule has 0 aliphatic heterocycles. The lowest BCUT2D eigenvalue weighted by Crippen LogP contribution is -1.90. The van der Waals surface area contributed by atoms with Gasteiger partial charge in [-0.25, -0.2) is 4.98 Å². The van der Waals surface area contributed by atoms with Gasteiger partial charge in [-0.05, 0) is 30.7 Å². The molecule has 122 valence electrons. The van der Waals surface area contributed by atoms with Crippen molar-refractivity contribution in [1.82, 2.24) is 20.2 Å². The Morgan fingerprint density at radius 3 is 2.36 bits per heavy atom. The van der Waals surface area contributed by atoms with Gasteiger partial charge < -0.3 is 5.73 Å². The minimum Gasteiger partial charge on any atom is -0.398 e. The van der Waals surface area contributed by atoms with E-state index in [4.69, 9.17) is 5.73 Å². The van der Waals surface area contributed by atoms with Crippen LogP contribution in [0.4, 0.5) is 5.69 Å². The summed E-state index contributed by atoms with van der Waals surface area (Å²) in [6, 6.07) is 19.8. The van der Waals surface area contributed by atoms with E-state index in [1.54, 1.807) is 6.20 Å². The number of anilines is 1. The highest BCUT2D eigenvalue weighted by Gasteiger charge is 2.09. The summed E-state index contributed by atoms with van der Waals surface area (Å²) in [7, 11) is 0. The van der Waals surface area contributed by atoms with Gasteiger partial charge in [0.25, 0.3) is 0 Å². The number of hydrogen-bond acceptors (Lipinski definition) is 4. The van der Waals surface area contributed by atoms with Gasteiger partial charge in [0.05, 0.1) is 5.69 Å². The lowest BCUT2D eigenvalue weighted by molar-refractivity contribution is 1.10. The van der Waals surface area contributed by atoms with Crippen molar-refractivity contribution in [3.8, 4) is 34.0 Å². The summed E-state index contributed by atoms with van der Waals surface area (Å²) in [4.78, 5) is 8.95. The van der Waals surface area contributed by atoms with Crippen molar-refractivity contribution in [2.45, 2.75) is 6.92 Å². The molecule has 0 spiro atoms. The first kappa shape index (κ1) is 15.1. The van der Waals surface area contributed by atoms with Gasteiger partial charge in [0, 0.05) is 28.6 Å². The number of nitrogens with one attached hydrogen (secondary N) is 1. The average Bonchev–Trinajstić information content (AvgIpc) is 3.15. The van der Waals surface area contributed by atoms with Crippen molar-refractivity contribution >= 4 is 5.69 Å². The lowest BCUT2D eigenvalue weighted by Gasteiger charge is -2.02. The van der Waals surface area contributed by atoms with Crippen molar-refractivity contribution in [3.63, 3.8) is 0 Å². The smallest absolute Gasteiger partial charge is 0.181 e. The zero-order valence-corrected chi connectivity index (χ0v) is 13.8. The van der Waals surface area contributed by atoms with E-state index in [1.807, 2.05) is 67.6 Å². The molecule has 0 atom stereocenters. The van der Waals surface area contributed by atoms with Gasteiger partial charge in [0.2, 0.25) is 0 Å². The number of rotatable bonds is 3. The SMILES string of the molecule is Cc1ccc(-c2n[nH]c(-c3ccc(-c4ccccn4)cc3)n2)cc1N. The number of benzene rings is 2. The fourth-order valence-corrected chi connectivity index (χ4v) is 2.63. The predicted octanol–water partition coefficient (Wildman–Crippen LogP) is 4.09. The first-order chi connectivity index (χ1) is 12.2. The van der Waals surface area contributed by atoms with E-state index in [1.165, 1.54) is 0 Å². The van der Waals surface area contributed by atoms with Gasteiger partial charge in [-0.2, -0.15) is 5.10 Å². The van der Waals surface area contributed by atoms with Crippen molar-refractivity contribution in [3.05, 3.63) is 72.4 Å². The van der Waals surface area contributed by atoms with E-state index >= 15 is 0 Å². The molecule has 0 saturated heterocycles. The first-order valence-corrected chi connectivity index (χ1v) is 8.01. The topological polar surface area (TPSA) is 80.5 Å². The molecule has 0 aliphatic carbocycles. The van der Waals surface area contributed by atoms with Crippen molar-refractivity contribution in [2.24, 2.45) is 0 Å². The predicted molar refractivity (Wildman–Crippen MR) is 99.6 cm³/mol. The molecule has 0 amide bonds. The summed E-state index contributed by atoms with van der Waals surface area (Å²) in [6.07, 6.45) is 1.79. The molecule has 5 heteroatoms. The lowest BCUT2D eigenvalue weighted by atomic mass is 10.1. The molecule has 0 aliphatic rings. The van der Waals surface area contributed by atoms with Crippen LogP contribution in [0.1, 0.15) is 5.56 Å². The third-order valence-electron chi connectivity index (χ3n) is 4.14. The Labute approximate surface area is 145 Å². The largest absolute Gasteiger partial charge is 0.398 e. The minimum absolute atomic E-state index is 0.635. The molecule has 0 radical (unpaired) electrons. The maximum Gasteiger partial charge on any atom is 0.181 e. The molecule has 0 saturated carbocycles. The van der Waals surface area contributed by atoms with Gasteiger partial charge in [-0.1, -0.05) is 42.5 Å². The van der Waals surface area contributed by atoms with Crippen LogP contribution >= 0.6 is 0 Å². The number of nitrogens with zero attached hydrogens (tertiary/aromatic N) is 3. The fraction of sp³-hybridized carbons (Fsp3) is 0.0500. The average molecular weight is 327 g/mol. The van der Waals surface area contributed by atoms with Crippen LogP contribution in [0.5, 0.6) is 0 Å². The van der Waals surface area contributed by atoms with E-state index in [0.29, 0.717) is 5.82 Å². The Balaban J connectivity index is 1.63. The summed E-state index contributed by atoms with van der Waals surface area (Å²) in [5.41, 5.74) is 11.6. The Morgan fingerprint density at radius 1 is 0.880 bits per heavy atom. The number of H-pyrrole nitrogens is 1. The van der Waals surface area contributed by atoms with Crippen LogP contribution in [0.15, 0.2) is 66.9 Å². The van der Waals surface area contributed by atoms with E-state index < -0.39 is 0 Å². The zero-order valence-electron chi connectivity index (χ0n) is 13.8. The molecule has 0 fully saturated rings. The van der Waals surface area contributed by atoms with E-state index in [-0.39, 0.29) is 0 Å². The standard InChI is InChI=1S/C20H17N5/c1-13-5-6-16(12-17(13)21)20-23-19(24-25-20)15-9-7-14(8-10-15)18-4-2-3-11-22-18/h2-12H,21H2,1H3,(H,23,24,25). The Bertz CT molecular complexity index is 1000. The van der Waals surface area contributed by atoms with E-state index in [9.17, 15) is 0 Å². The normalized spacial score (nSPS) is 10.8. The zero-order chi connectivity index (χ0) is 17.2. The van der Waals surface area contributed by atoms with Gasteiger partial charge in [0.15, 0.2) is 11.6 Å². The Kier molecular flexibility index (Phi) is 3.74. The van der Waals surface area contributed by atoms with Crippen molar-refractivity contribution < 1.29 is 0 Å². The highest BCUT2D eigenvalue weighted by molar-refractivity contribution is 5.68. The molecule has 5 nitrogen and oxygen atoms in total. The number of aryl methyl sites for hydroxylation is 1. The van der Waals surface area contributed by atoms with Gasteiger partial charge in [-0.15, -0.1) is 0 Å². The second kappa shape index (κ2) is 6.20. The van der Waals surface area contributed by atoms with Crippen molar-refractivity contribution in [1.29, 1.82) is 0 Å². The summed E-state index contributed by atoms with van der Waals surface area (Å²) < 4.78 is 0. The van der Waals surface area contributed by atoms with Crippen LogP contribution in [0.25, 0.3) is 34.0 Å². The first-order valence-electron chi connectivity index (χ1n) is 8.01. The van der Waals surface area contributed by atoms with Gasteiger partial charge in [-0.3, -0.25) is 10.1 Å². The number of hydrogen-bond donors (Lipinski definition) is 2. The molecule has 2 aromatic heterocycles. The Morgan fingerprint density at radius 2 is 1.64 bits per heavy atom. The molecule has 4 rings (SSSR count). The summed E-state index contributed by atoms with van der Waals surface area (Å²) in [5.74, 6) is 1.36. The third-order valence-corrected chi connectivity index (χ3v) is 4.14. The third kappa shape index (κ3) is 2.99. The summed E-state index contributed by atoms with van der Waals surface area (Å²) >= 11 is 0. The number of aromatic amines is 1. The maximum absolute atomic E-state index is 5.98. The van der Waals surface area contributed by atoms with Crippen LogP contribution in [0.2, 0.25) is 0 Å². The number of nitrogen functional groups attached to an aromatic ring is 1. The minimum atomic E-state index is 0.635. The monoisotopic (exact) mass is 327 g/mol. The van der Waals surface area contributed by atoms with E-state index in [2.05, 4.69) is 20.2 Å². The number of pyridine rings is 1. The fourth-order valence-electron chi connectivity index (χ4n) is 2.63. The highest BCUT2D eigenvalue weighted by atomic mass is 15.2. The summed E-state index contributed by atoms with van der Waals surface area (Å²) in [5, 5.41) is 7.31.